The quantitative estimate of drug-likeness (QED) is 0.314. The van der Waals surface area contributed by atoms with Crippen molar-refractivity contribution >= 4 is 34.2 Å². The van der Waals surface area contributed by atoms with E-state index >= 15 is 0 Å². The average Bonchev–Trinajstić information content (AvgIpc) is 2.55. The van der Waals surface area contributed by atoms with Gasteiger partial charge in [-0.25, -0.2) is 4.79 Å². The number of hydrogen-bond donors (Lipinski definition) is 0. The summed E-state index contributed by atoms with van der Waals surface area (Å²) in [5, 5.41) is 12.0. The van der Waals surface area contributed by atoms with Gasteiger partial charge in [-0.2, -0.15) is 0 Å². The molecule has 0 spiro atoms. The van der Waals surface area contributed by atoms with Gasteiger partial charge in [0.1, 0.15) is 5.52 Å². The lowest BCUT2D eigenvalue weighted by molar-refractivity contribution is -0.385. The molecule has 0 bridgehead atoms. The van der Waals surface area contributed by atoms with Crippen molar-refractivity contribution in [1.82, 2.24) is 4.98 Å². The molecule has 114 valence electrons. The third-order valence-corrected chi connectivity index (χ3v) is 3.52. The molecule has 3 rings (SSSR count). The molecule has 3 aromatic rings. The first-order chi connectivity index (χ1) is 11.1. The molecule has 7 heteroatoms. The number of benzene rings is 2. The van der Waals surface area contributed by atoms with E-state index in [9.17, 15) is 14.9 Å². The number of nitrogens with zero attached hydrogens (tertiary/aromatic N) is 2. The van der Waals surface area contributed by atoms with Crippen molar-refractivity contribution in [2.45, 2.75) is 0 Å². The predicted molar refractivity (Wildman–Crippen MR) is 84.8 cm³/mol. The summed E-state index contributed by atoms with van der Waals surface area (Å²) in [6.07, 6.45) is 1.47. The molecule has 0 amide bonds. The van der Waals surface area contributed by atoms with Crippen molar-refractivity contribution in [3.8, 4) is 5.75 Å². The van der Waals surface area contributed by atoms with E-state index in [0.29, 0.717) is 5.39 Å². The number of fused-ring (bicyclic) bond motifs is 1. The number of hydrogen-bond acceptors (Lipinski definition) is 5. The molecule has 1 aromatic heterocycles. The summed E-state index contributed by atoms with van der Waals surface area (Å²) < 4.78 is 5.26. The second-order valence-electron chi connectivity index (χ2n) is 4.62. The van der Waals surface area contributed by atoms with E-state index in [1.54, 1.807) is 30.3 Å². The topological polar surface area (TPSA) is 82.3 Å². The highest BCUT2D eigenvalue weighted by Crippen LogP contribution is 2.34. The fraction of sp³-hybridized carbons (Fsp3) is 0. The van der Waals surface area contributed by atoms with Crippen molar-refractivity contribution in [3.05, 3.63) is 75.4 Å². The third kappa shape index (κ3) is 2.84. The third-order valence-electron chi connectivity index (χ3n) is 3.19. The molecule has 0 radical (unpaired) electrons. The average molecular weight is 329 g/mol. The summed E-state index contributed by atoms with van der Waals surface area (Å²) in [6, 6.07) is 12.5. The lowest BCUT2D eigenvalue weighted by atomic mass is 10.1. The second-order valence-corrected chi connectivity index (χ2v) is 5.02. The normalized spacial score (nSPS) is 10.5. The van der Waals surface area contributed by atoms with Gasteiger partial charge in [-0.05, 0) is 24.3 Å². The van der Waals surface area contributed by atoms with Crippen molar-refractivity contribution in [1.29, 1.82) is 0 Å². The maximum Gasteiger partial charge on any atom is 0.345 e. The van der Waals surface area contributed by atoms with Crippen LogP contribution in [0.2, 0.25) is 5.02 Å². The Balaban J connectivity index is 2.11. The van der Waals surface area contributed by atoms with E-state index in [1.165, 1.54) is 24.4 Å². The fourth-order valence-electron chi connectivity index (χ4n) is 2.13. The van der Waals surface area contributed by atoms with E-state index in [4.69, 9.17) is 16.3 Å². The molecule has 0 fully saturated rings. The summed E-state index contributed by atoms with van der Waals surface area (Å²) in [6.45, 7) is 0. The summed E-state index contributed by atoms with van der Waals surface area (Å²) >= 11 is 5.96. The monoisotopic (exact) mass is 328 g/mol. The Hall–Kier alpha value is -2.99. The molecule has 2 aromatic carbocycles. The van der Waals surface area contributed by atoms with E-state index < -0.39 is 10.9 Å². The summed E-state index contributed by atoms with van der Waals surface area (Å²) in [5.74, 6) is -0.977. The smallest absolute Gasteiger partial charge is 0.345 e. The maximum absolute atomic E-state index is 12.3. The Morgan fingerprint density at radius 1 is 1.13 bits per heavy atom. The van der Waals surface area contributed by atoms with Crippen LogP contribution in [0.1, 0.15) is 10.4 Å². The Labute approximate surface area is 135 Å². The van der Waals surface area contributed by atoms with Gasteiger partial charge in [0.25, 0.3) is 0 Å². The van der Waals surface area contributed by atoms with Crippen molar-refractivity contribution in [3.63, 3.8) is 0 Å². The summed E-state index contributed by atoms with van der Waals surface area (Å²) in [5.41, 5.74) is 0.0232. The van der Waals surface area contributed by atoms with Gasteiger partial charge in [-0.3, -0.25) is 15.1 Å². The first-order valence-corrected chi connectivity index (χ1v) is 6.94. The summed E-state index contributed by atoms with van der Waals surface area (Å²) in [7, 11) is 0. The Bertz CT molecular complexity index is 927. The number of esters is 1. The van der Waals surface area contributed by atoms with Crippen LogP contribution in [0, 0.1) is 10.1 Å². The van der Waals surface area contributed by atoms with Crippen LogP contribution in [0.4, 0.5) is 5.69 Å². The van der Waals surface area contributed by atoms with Gasteiger partial charge in [-0.15, -0.1) is 0 Å². The first-order valence-electron chi connectivity index (χ1n) is 6.57. The van der Waals surface area contributed by atoms with E-state index in [-0.39, 0.29) is 27.5 Å². The highest BCUT2D eigenvalue weighted by atomic mass is 35.5. The number of halogens is 1. The minimum absolute atomic E-state index is 0.122. The number of carbonyl (C=O) groups is 1. The molecule has 0 saturated heterocycles. The Kier molecular flexibility index (Phi) is 3.91. The van der Waals surface area contributed by atoms with Crippen molar-refractivity contribution in [2.75, 3.05) is 0 Å². The molecule has 0 aliphatic carbocycles. The molecular formula is C16H9ClN2O4. The number of pyridine rings is 1. The van der Waals surface area contributed by atoms with Gasteiger partial charge in [0, 0.05) is 17.6 Å². The van der Waals surface area contributed by atoms with Crippen LogP contribution < -0.4 is 4.74 Å². The van der Waals surface area contributed by atoms with E-state index in [2.05, 4.69) is 4.98 Å². The van der Waals surface area contributed by atoms with Gasteiger partial charge in [0.05, 0.1) is 15.5 Å². The molecule has 0 saturated carbocycles. The highest BCUT2D eigenvalue weighted by molar-refractivity contribution is 6.33. The minimum atomic E-state index is -0.781. The van der Waals surface area contributed by atoms with Crippen LogP contribution in [-0.2, 0) is 0 Å². The van der Waals surface area contributed by atoms with Crippen LogP contribution in [0.15, 0.2) is 54.7 Å². The lowest BCUT2D eigenvalue weighted by Crippen LogP contribution is -2.11. The van der Waals surface area contributed by atoms with E-state index in [0.717, 1.165) is 0 Å². The van der Waals surface area contributed by atoms with Crippen molar-refractivity contribution < 1.29 is 14.5 Å². The van der Waals surface area contributed by atoms with Gasteiger partial charge in [0.15, 0.2) is 0 Å². The molecule has 0 unspecified atom stereocenters. The van der Waals surface area contributed by atoms with Gasteiger partial charge in [0.2, 0.25) is 5.75 Å². The largest absolute Gasteiger partial charge is 0.413 e. The zero-order valence-corrected chi connectivity index (χ0v) is 12.4. The van der Waals surface area contributed by atoms with Crippen molar-refractivity contribution in [2.24, 2.45) is 0 Å². The van der Waals surface area contributed by atoms with Crippen LogP contribution in [-0.4, -0.2) is 15.9 Å². The highest BCUT2D eigenvalue weighted by Gasteiger charge is 2.23. The Morgan fingerprint density at radius 3 is 2.65 bits per heavy atom. The number of nitro benzene ring substituents is 1. The predicted octanol–water partition coefficient (Wildman–Crippen LogP) is 4.02. The van der Waals surface area contributed by atoms with E-state index in [1.807, 2.05) is 0 Å². The van der Waals surface area contributed by atoms with Crippen LogP contribution in [0.3, 0.4) is 0 Å². The first kappa shape index (κ1) is 14.9. The van der Waals surface area contributed by atoms with Crippen LogP contribution in [0.5, 0.6) is 5.75 Å². The molecular weight excluding hydrogens is 320 g/mol. The lowest BCUT2D eigenvalue weighted by Gasteiger charge is -2.08. The fourth-order valence-corrected chi connectivity index (χ4v) is 2.34. The molecule has 23 heavy (non-hydrogen) atoms. The van der Waals surface area contributed by atoms with Gasteiger partial charge in [-0.1, -0.05) is 29.8 Å². The minimum Gasteiger partial charge on any atom is -0.413 e. The number of rotatable bonds is 3. The molecule has 0 aliphatic rings. The standard InChI is InChI=1S/C16H9ClN2O4/c17-12-6-2-1-5-11(12)16(20)23-15-13(19(21)22)8-7-10-4-3-9-18-14(10)15/h1-9H. The molecule has 1 heterocycles. The Morgan fingerprint density at radius 2 is 1.91 bits per heavy atom. The molecule has 0 N–H and O–H groups in total. The molecule has 0 atom stereocenters. The number of ether oxygens (including phenoxy) is 1. The molecule has 6 nitrogen and oxygen atoms in total. The number of nitro groups is 1. The molecule has 0 aliphatic heterocycles. The van der Waals surface area contributed by atoms with Gasteiger partial charge < -0.3 is 4.74 Å². The van der Waals surface area contributed by atoms with Gasteiger partial charge >= 0.3 is 11.7 Å². The van der Waals surface area contributed by atoms with Crippen LogP contribution in [0.25, 0.3) is 10.9 Å². The second kappa shape index (κ2) is 6.02. The summed E-state index contributed by atoms with van der Waals surface area (Å²) in [4.78, 5) is 27.0. The maximum atomic E-state index is 12.3. The zero-order valence-electron chi connectivity index (χ0n) is 11.6. The van der Waals surface area contributed by atoms with Crippen LogP contribution >= 0.6 is 11.6 Å². The number of carbonyl (C=O) groups excluding carboxylic acids is 1. The SMILES string of the molecule is O=C(Oc1c([N+](=O)[O-])ccc2cccnc12)c1ccccc1Cl. The number of aromatic nitrogens is 1. The zero-order chi connectivity index (χ0) is 16.4.